The van der Waals surface area contributed by atoms with Crippen molar-refractivity contribution in [3.63, 3.8) is 0 Å². The number of rotatable bonds is 5. The normalized spacial score (nSPS) is 19.8. The number of nitrogens with one attached hydrogen (secondary N) is 1. The third-order valence-electron chi connectivity index (χ3n) is 5.06. The van der Waals surface area contributed by atoms with E-state index in [1.165, 1.54) is 0 Å². The molecule has 23 heavy (non-hydrogen) atoms. The molecule has 0 unspecified atom stereocenters. The number of hydrogen-bond acceptors (Lipinski definition) is 4. The molecule has 2 heterocycles. The van der Waals surface area contributed by atoms with E-state index in [0.717, 1.165) is 24.9 Å². The summed E-state index contributed by atoms with van der Waals surface area (Å²) in [6.07, 6.45) is 0.673. The van der Waals surface area contributed by atoms with Crippen molar-refractivity contribution in [1.29, 1.82) is 0 Å². The Hall–Kier alpha value is -1.59. The van der Waals surface area contributed by atoms with E-state index in [0.29, 0.717) is 24.3 Å². The lowest BCUT2D eigenvalue weighted by Crippen LogP contribution is -2.72. The predicted octanol–water partition coefficient (Wildman–Crippen LogP) is 2.82. The van der Waals surface area contributed by atoms with E-state index in [-0.39, 0.29) is 11.5 Å². The SMILES string of the molecule is CCNC(=NCCc1nc(C(C)C)no1)N1CC(C)(C)C1(C)C. The molecule has 1 saturated heterocycles. The number of nitrogens with zero attached hydrogens (tertiary/aromatic N) is 4. The van der Waals surface area contributed by atoms with Crippen LogP contribution < -0.4 is 5.32 Å². The van der Waals surface area contributed by atoms with E-state index in [1.54, 1.807) is 0 Å². The third-order valence-corrected chi connectivity index (χ3v) is 5.06. The van der Waals surface area contributed by atoms with Gasteiger partial charge in [-0.05, 0) is 20.8 Å². The van der Waals surface area contributed by atoms with Gasteiger partial charge in [0.2, 0.25) is 5.89 Å². The molecule has 6 heteroatoms. The van der Waals surface area contributed by atoms with Crippen molar-refractivity contribution < 1.29 is 4.52 Å². The molecule has 0 bridgehead atoms. The molecule has 0 aromatic carbocycles. The van der Waals surface area contributed by atoms with Crippen LogP contribution in [0.1, 0.15) is 66.1 Å². The van der Waals surface area contributed by atoms with Crippen LogP contribution in [0.3, 0.4) is 0 Å². The van der Waals surface area contributed by atoms with Crippen LogP contribution in [0.15, 0.2) is 9.52 Å². The van der Waals surface area contributed by atoms with Gasteiger partial charge < -0.3 is 14.7 Å². The van der Waals surface area contributed by atoms with Crippen molar-refractivity contribution in [2.24, 2.45) is 10.4 Å². The largest absolute Gasteiger partial charge is 0.356 e. The van der Waals surface area contributed by atoms with Gasteiger partial charge in [-0.3, -0.25) is 4.99 Å². The van der Waals surface area contributed by atoms with E-state index in [4.69, 9.17) is 9.52 Å². The van der Waals surface area contributed by atoms with Gasteiger partial charge >= 0.3 is 0 Å². The van der Waals surface area contributed by atoms with Gasteiger partial charge in [0.15, 0.2) is 11.8 Å². The smallest absolute Gasteiger partial charge is 0.228 e. The number of guanidine groups is 1. The minimum absolute atomic E-state index is 0.100. The van der Waals surface area contributed by atoms with Gasteiger partial charge in [0.1, 0.15) is 0 Å². The number of likely N-dealkylation sites (tertiary alicyclic amines) is 1. The van der Waals surface area contributed by atoms with Gasteiger partial charge in [-0.1, -0.05) is 32.9 Å². The van der Waals surface area contributed by atoms with Crippen LogP contribution in [-0.4, -0.2) is 46.2 Å². The Kier molecular flexibility index (Phi) is 5.01. The fourth-order valence-corrected chi connectivity index (χ4v) is 2.66. The molecule has 1 aromatic rings. The van der Waals surface area contributed by atoms with Gasteiger partial charge in [-0.25, -0.2) is 0 Å². The summed E-state index contributed by atoms with van der Waals surface area (Å²) in [6.45, 7) is 17.9. The minimum Gasteiger partial charge on any atom is -0.356 e. The zero-order valence-electron chi connectivity index (χ0n) is 15.6. The van der Waals surface area contributed by atoms with E-state index >= 15 is 0 Å². The molecule has 1 N–H and O–H groups in total. The molecule has 0 radical (unpaired) electrons. The summed E-state index contributed by atoms with van der Waals surface area (Å²) in [5, 5.41) is 7.39. The molecule has 1 aliphatic rings. The molecule has 0 atom stereocenters. The van der Waals surface area contributed by atoms with E-state index in [9.17, 15) is 0 Å². The first-order valence-electron chi connectivity index (χ1n) is 8.57. The lowest BCUT2D eigenvalue weighted by atomic mass is 9.65. The first kappa shape index (κ1) is 17.8. The molecule has 0 aliphatic carbocycles. The average Bonchev–Trinajstić information content (AvgIpc) is 2.93. The molecule has 0 spiro atoms. The van der Waals surface area contributed by atoms with Crippen molar-refractivity contribution >= 4 is 5.96 Å². The number of aromatic nitrogens is 2. The van der Waals surface area contributed by atoms with Gasteiger partial charge in [0.25, 0.3) is 0 Å². The van der Waals surface area contributed by atoms with E-state index in [1.807, 2.05) is 0 Å². The maximum Gasteiger partial charge on any atom is 0.228 e. The van der Waals surface area contributed by atoms with Gasteiger partial charge in [0.05, 0.1) is 6.54 Å². The standard InChI is InChI=1S/C17H31N5O/c1-8-18-15(22-11-16(4,5)17(22,6)7)19-10-9-13-20-14(12(2)3)21-23-13/h12H,8-11H2,1-7H3,(H,18,19). The highest BCUT2D eigenvalue weighted by Crippen LogP contribution is 2.46. The van der Waals surface area contributed by atoms with Gasteiger partial charge in [-0.15, -0.1) is 0 Å². The van der Waals surface area contributed by atoms with Crippen LogP contribution in [0.25, 0.3) is 0 Å². The summed E-state index contributed by atoms with van der Waals surface area (Å²) in [5.74, 6) is 2.69. The Labute approximate surface area is 139 Å². The van der Waals surface area contributed by atoms with E-state index < -0.39 is 0 Å². The number of hydrogen-bond donors (Lipinski definition) is 1. The molecule has 6 nitrogen and oxygen atoms in total. The quantitative estimate of drug-likeness (QED) is 0.667. The topological polar surface area (TPSA) is 66.5 Å². The zero-order valence-corrected chi connectivity index (χ0v) is 15.6. The number of aliphatic imine (C=N–C) groups is 1. The first-order chi connectivity index (χ1) is 10.7. The summed E-state index contributed by atoms with van der Waals surface area (Å²) >= 11 is 0. The molecule has 0 amide bonds. The van der Waals surface area contributed by atoms with Crippen LogP contribution in [0.2, 0.25) is 0 Å². The average molecular weight is 321 g/mol. The lowest BCUT2D eigenvalue weighted by molar-refractivity contribution is -0.0667. The van der Waals surface area contributed by atoms with Crippen molar-refractivity contribution in [2.75, 3.05) is 19.6 Å². The fourth-order valence-electron chi connectivity index (χ4n) is 2.66. The highest BCUT2D eigenvalue weighted by Gasteiger charge is 2.53. The summed E-state index contributed by atoms with van der Waals surface area (Å²) in [4.78, 5) is 11.5. The van der Waals surface area contributed by atoms with E-state index in [2.05, 4.69) is 68.8 Å². The highest BCUT2D eigenvalue weighted by atomic mass is 16.5. The lowest BCUT2D eigenvalue weighted by Gasteiger charge is -2.62. The van der Waals surface area contributed by atoms with Crippen molar-refractivity contribution in [2.45, 2.75) is 66.3 Å². The molecule has 0 saturated carbocycles. The molecular weight excluding hydrogens is 290 g/mol. The second kappa shape index (κ2) is 6.49. The van der Waals surface area contributed by atoms with Crippen LogP contribution >= 0.6 is 0 Å². The minimum atomic E-state index is 0.100. The van der Waals surface area contributed by atoms with Crippen LogP contribution in [0.4, 0.5) is 0 Å². The Balaban J connectivity index is 1.99. The van der Waals surface area contributed by atoms with Crippen LogP contribution in [-0.2, 0) is 6.42 Å². The van der Waals surface area contributed by atoms with Crippen LogP contribution in [0, 0.1) is 5.41 Å². The third kappa shape index (κ3) is 3.51. The molecule has 1 aliphatic heterocycles. The summed E-state index contributed by atoms with van der Waals surface area (Å²) < 4.78 is 5.28. The Morgan fingerprint density at radius 2 is 2.04 bits per heavy atom. The first-order valence-corrected chi connectivity index (χ1v) is 8.57. The van der Waals surface area contributed by atoms with Crippen molar-refractivity contribution in [3.8, 4) is 0 Å². The maximum absolute atomic E-state index is 5.28. The Morgan fingerprint density at radius 1 is 1.35 bits per heavy atom. The predicted molar refractivity (Wildman–Crippen MR) is 92.6 cm³/mol. The fraction of sp³-hybridized carbons (Fsp3) is 0.824. The van der Waals surface area contributed by atoms with Gasteiger partial charge in [-0.2, -0.15) is 4.98 Å². The monoisotopic (exact) mass is 321 g/mol. The Morgan fingerprint density at radius 3 is 2.52 bits per heavy atom. The molecule has 2 rings (SSSR count). The Bertz CT molecular complexity index is 559. The second-order valence-corrected chi connectivity index (χ2v) is 7.72. The second-order valence-electron chi connectivity index (χ2n) is 7.72. The summed E-state index contributed by atoms with van der Waals surface area (Å²) in [5.41, 5.74) is 0.394. The zero-order chi connectivity index (χ0) is 17.3. The molecule has 1 fully saturated rings. The molecule has 130 valence electrons. The highest BCUT2D eigenvalue weighted by molar-refractivity contribution is 5.82. The summed E-state index contributed by atoms with van der Waals surface area (Å²) in [6, 6.07) is 0. The molecular formula is C17H31N5O. The summed E-state index contributed by atoms with van der Waals surface area (Å²) in [7, 11) is 0. The maximum atomic E-state index is 5.28. The van der Waals surface area contributed by atoms with Crippen molar-refractivity contribution in [1.82, 2.24) is 20.4 Å². The van der Waals surface area contributed by atoms with Crippen LogP contribution in [0.5, 0.6) is 0 Å². The van der Waals surface area contributed by atoms with Crippen molar-refractivity contribution in [3.05, 3.63) is 11.7 Å². The molecule has 1 aromatic heterocycles. The van der Waals surface area contributed by atoms with Gasteiger partial charge in [0, 0.05) is 36.4 Å².